The molecule has 1 atom stereocenters. The standard InChI is InChI=1S/C13H15F2N/c14-10-3-1-4-11(15)13(10)12-5-2-8-16(12)9-6-7-9/h1,3-4,9,12H,2,5-8H2. The molecule has 86 valence electrons. The van der Waals surface area contributed by atoms with Gasteiger partial charge in [-0.25, -0.2) is 8.78 Å². The van der Waals surface area contributed by atoms with E-state index in [1.54, 1.807) is 0 Å². The van der Waals surface area contributed by atoms with E-state index in [4.69, 9.17) is 0 Å². The minimum absolute atomic E-state index is 0.0336. The molecule has 3 heteroatoms. The maximum atomic E-state index is 13.7. The zero-order chi connectivity index (χ0) is 11.1. The van der Waals surface area contributed by atoms with Crippen molar-refractivity contribution >= 4 is 0 Å². The average Bonchev–Trinajstić information content (AvgIpc) is 2.99. The first-order valence-electron chi connectivity index (χ1n) is 5.97. The van der Waals surface area contributed by atoms with Gasteiger partial charge in [0.1, 0.15) is 11.6 Å². The Kier molecular flexibility index (Phi) is 2.43. The molecule has 3 rings (SSSR count). The Hall–Kier alpha value is -0.960. The predicted molar refractivity (Wildman–Crippen MR) is 58.1 cm³/mol. The van der Waals surface area contributed by atoms with Crippen LogP contribution in [0.3, 0.4) is 0 Å². The molecule has 1 aliphatic heterocycles. The molecule has 16 heavy (non-hydrogen) atoms. The van der Waals surface area contributed by atoms with E-state index in [0.29, 0.717) is 6.04 Å². The molecule has 0 N–H and O–H groups in total. The van der Waals surface area contributed by atoms with Gasteiger partial charge in [-0.1, -0.05) is 6.07 Å². The van der Waals surface area contributed by atoms with Crippen LogP contribution in [-0.2, 0) is 0 Å². The molecule has 0 spiro atoms. The molecule has 1 aliphatic carbocycles. The number of rotatable bonds is 2. The van der Waals surface area contributed by atoms with Crippen molar-refractivity contribution in [2.45, 2.75) is 37.8 Å². The van der Waals surface area contributed by atoms with Gasteiger partial charge >= 0.3 is 0 Å². The lowest BCUT2D eigenvalue weighted by molar-refractivity contribution is 0.236. The van der Waals surface area contributed by atoms with E-state index < -0.39 is 11.6 Å². The van der Waals surface area contributed by atoms with Gasteiger partial charge in [0.15, 0.2) is 0 Å². The minimum Gasteiger partial charge on any atom is -0.293 e. The molecule has 1 nitrogen and oxygen atoms in total. The summed E-state index contributed by atoms with van der Waals surface area (Å²) in [7, 11) is 0. The molecule has 0 amide bonds. The summed E-state index contributed by atoms with van der Waals surface area (Å²) in [5.74, 6) is -0.782. The summed E-state index contributed by atoms with van der Waals surface area (Å²) in [6.45, 7) is 0.989. The van der Waals surface area contributed by atoms with Crippen molar-refractivity contribution in [3.8, 4) is 0 Å². The molecule has 2 fully saturated rings. The van der Waals surface area contributed by atoms with Crippen molar-refractivity contribution < 1.29 is 8.78 Å². The minimum atomic E-state index is -0.391. The van der Waals surface area contributed by atoms with Crippen LogP contribution in [0.25, 0.3) is 0 Å². The second-order valence-electron chi connectivity index (χ2n) is 4.76. The summed E-state index contributed by atoms with van der Waals surface area (Å²) < 4.78 is 27.4. The van der Waals surface area contributed by atoms with Gasteiger partial charge in [-0.05, 0) is 44.4 Å². The van der Waals surface area contributed by atoms with Crippen molar-refractivity contribution in [2.75, 3.05) is 6.54 Å². The summed E-state index contributed by atoms with van der Waals surface area (Å²) in [4.78, 5) is 2.28. The molecule has 0 radical (unpaired) electrons. The molecule has 2 aliphatic rings. The summed E-state index contributed by atoms with van der Waals surface area (Å²) in [6.07, 6.45) is 4.31. The van der Waals surface area contributed by atoms with Gasteiger partial charge in [-0.3, -0.25) is 4.90 Å². The van der Waals surface area contributed by atoms with Gasteiger partial charge in [-0.15, -0.1) is 0 Å². The third-order valence-corrected chi connectivity index (χ3v) is 3.64. The van der Waals surface area contributed by atoms with E-state index >= 15 is 0 Å². The van der Waals surface area contributed by atoms with Crippen molar-refractivity contribution in [2.24, 2.45) is 0 Å². The second kappa shape index (κ2) is 3.81. The lowest BCUT2D eigenvalue weighted by Crippen LogP contribution is -2.26. The Morgan fingerprint density at radius 2 is 1.75 bits per heavy atom. The molecule has 0 aromatic heterocycles. The van der Waals surface area contributed by atoms with Crippen LogP contribution in [-0.4, -0.2) is 17.5 Å². The SMILES string of the molecule is Fc1cccc(F)c1C1CCCN1C1CC1. The number of benzene rings is 1. The fourth-order valence-corrected chi connectivity index (χ4v) is 2.77. The zero-order valence-corrected chi connectivity index (χ0v) is 9.13. The Balaban J connectivity index is 1.95. The number of likely N-dealkylation sites (tertiary alicyclic amines) is 1. The number of hydrogen-bond donors (Lipinski definition) is 0. The molecule has 1 aromatic carbocycles. The molecule has 1 heterocycles. The van der Waals surface area contributed by atoms with Gasteiger partial charge in [-0.2, -0.15) is 0 Å². The quantitative estimate of drug-likeness (QED) is 0.743. The third-order valence-electron chi connectivity index (χ3n) is 3.64. The molecular formula is C13H15F2N. The monoisotopic (exact) mass is 223 g/mol. The van der Waals surface area contributed by atoms with E-state index in [9.17, 15) is 8.78 Å². The van der Waals surface area contributed by atoms with Crippen LogP contribution < -0.4 is 0 Å². The number of nitrogens with zero attached hydrogens (tertiary/aromatic N) is 1. The van der Waals surface area contributed by atoms with Gasteiger partial charge < -0.3 is 0 Å². The maximum absolute atomic E-state index is 13.7. The number of hydrogen-bond acceptors (Lipinski definition) is 1. The Bertz CT molecular complexity index is 381. The first-order valence-corrected chi connectivity index (χ1v) is 5.97. The average molecular weight is 223 g/mol. The van der Waals surface area contributed by atoms with Crippen LogP contribution in [0.5, 0.6) is 0 Å². The van der Waals surface area contributed by atoms with Crippen LogP contribution >= 0.6 is 0 Å². The first kappa shape index (κ1) is 10.2. The molecule has 1 saturated carbocycles. The van der Waals surface area contributed by atoms with Crippen LogP contribution in [0.2, 0.25) is 0 Å². The fraction of sp³-hybridized carbons (Fsp3) is 0.538. The highest BCUT2D eigenvalue weighted by Crippen LogP contribution is 2.42. The fourth-order valence-electron chi connectivity index (χ4n) is 2.77. The molecular weight excluding hydrogens is 208 g/mol. The van der Waals surface area contributed by atoms with E-state index in [1.165, 1.54) is 31.0 Å². The summed E-state index contributed by atoms with van der Waals surface area (Å²) in [5, 5.41) is 0. The summed E-state index contributed by atoms with van der Waals surface area (Å²) in [6, 6.07) is 4.70. The normalized spacial score (nSPS) is 26.2. The predicted octanol–water partition coefficient (Wildman–Crippen LogP) is 3.26. The smallest absolute Gasteiger partial charge is 0.130 e. The molecule has 1 unspecified atom stereocenters. The van der Waals surface area contributed by atoms with Gasteiger partial charge in [0, 0.05) is 17.6 Å². The first-order chi connectivity index (χ1) is 7.77. The van der Waals surface area contributed by atoms with E-state index in [0.717, 1.165) is 19.4 Å². The third kappa shape index (κ3) is 1.63. The lowest BCUT2D eigenvalue weighted by atomic mass is 10.0. The topological polar surface area (TPSA) is 3.24 Å². The summed E-state index contributed by atoms with van der Waals surface area (Å²) in [5.41, 5.74) is 0.284. The molecule has 0 bridgehead atoms. The summed E-state index contributed by atoms with van der Waals surface area (Å²) >= 11 is 0. The van der Waals surface area contributed by atoms with Crippen molar-refractivity contribution in [3.05, 3.63) is 35.4 Å². The molecule has 1 aromatic rings. The van der Waals surface area contributed by atoms with Crippen molar-refractivity contribution in [3.63, 3.8) is 0 Å². The van der Waals surface area contributed by atoms with Crippen LogP contribution in [0.4, 0.5) is 8.78 Å². The highest BCUT2D eigenvalue weighted by Gasteiger charge is 2.39. The number of halogens is 2. The van der Waals surface area contributed by atoms with E-state index in [2.05, 4.69) is 4.90 Å². The van der Waals surface area contributed by atoms with Crippen molar-refractivity contribution in [1.29, 1.82) is 0 Å². The Morgan fingerprint density at radius 1 is 1.06 bits per heavy atom. The van der Waals surface area contributed by atoms with Gasteiger partial charge in [0.25, 0.3) is 0 Å². The second-order valence-corrected chi connectivity index (χ2v) is 4.76. The lowest BCUT2D eigenvalue weighted by Gasteiger charge is -2.25. The van der Waals surface area contributed by atoms with Crippen LogP contribution in [0.15, 0.2) is 18.2 Å². The van der Waals surface area contributed by atoms with E-state index in [-0.39, 0.29) is 11.6 Å². The zero-order valence-electron chi connectivity index (χ0n) is 9.13. The van der Waals surface area contributed by atoms with E-state index in [1.807, 2.05) is 0 Å². The van der Waals surface area contributed by atoms with Gasteiger partial charge in [0.05, 0.1) is 0 Å². The van der Waals surface area contributed by atoms with Crippen molar-refractivity contribution in [1.82, 2.24) is 4.90 Å². The maximum Gasteiger partial charge on any atom is 0.130 e. The largest absolute Gasteiger partial charge is 0.293 e. The molecule has 1 saturated heterocycles. The highest BCUT2D eigenvalue weighted by molar-refractivity contribution is 5.25. The van der Waals surface area contributed by atoms with Gasteiger partial charge in [0.2, 0.25) is 0 Å². The Morgan fingerprint density at radius 3 is 2.38 bits per heavy atom. The highest BCUT2D eigenvalue weighted by atomic mass is 19.1. The Labute approximate surface area is 94.1 Å². The van der Waals surface area contributed by atoms with Crippen LogP contribution in [0, 0.1) is 11.6 Å². The van der Waals surface area contributed by atoms with Crippen LogP contribution in [0.1, 0.15) is 37.3 Å².